The van der Waals surface area contributed by atoms with E-state index in [0.717, 1.165) is 84.5 Å². The normalized spacial score (nSPS) is 17.1. The van der Waals surface area contributed by atoms with Crippen molar-refractivity contribution in [1.29, 1.82) is 0 Å². The van der Waals surface area contributed by atoms with E-state index in [9.17, 15) is 9.59 Å². The van der Waals surface area contributed by atoms with Gasteiger partial charge in [0.1, 0.15) is 12.6 Å². The van der Waals surface area contributed by atoms with Crippen LogP contribution in [0, 0.1) is 0 Å². The average Bonchev–Trinajstić information content (AvgIpc) is 2.98. The Balaban J connectivity index is 2.07. The number of aldehydes is 2. The molecule has 2 heteroatoms. The summed E-state index contributed by atoms with van der Waals surface area (Å²) in [6.07, 6.45) is 7.35. The van der Waals surface area contributed by atoms with E-state index in [0.29, 0.717) is 0 Å². The Morgan fingerprint density at radius 2 is 1.00 bits per heavy atom. The molecule has 2 aliphatic rings. The molecule has 2 aromatic rings. The van der Waals surface area contributed by atoms with Gasteiger partial charge in [-0.25, -0.2) is 0 Å². The van der Waals surface area contributed by atoms with E-state index < -0.39 is 0 Å². The molecule has 0 amide bonds. The van der Waals surface area contributed by atoms with E-state index in [1.54, 1.807) is 0 Å². The molecule has 0 radical (unpaired) electrons. The standard InChI is InChI=1S/C24H22O2/c25-15-19-11-5-9-17-7-1-3-13-21(17)23(19)24-20(16-26)12-6-10-18-8-2-4-14-22(18)24/h1-4,7-8,13-16H,5-6,9-12H2. The third-order valence-corrected chi connectivity index (χ3v) is 5.53. The number of rotatable bonds is 3. The fourth-order valence-corrected chi connectivity index (χ4v) is 4.33. The molecule has 26 heavy (non-hydrogen) atoms. The summed E-state index contributed by atoms with van der Waals surface area (Å²) < 4.78 is 0. The zero-order valence-electron chi connectivity index (χ0n) is 14.8. The van der Waals surface area contributed by atoms with Crippen molar-refractivity contribution in [2.75, 3.05) is 0 Å². The molecule has 0 bridgehead atoms. The van der Waals surface area contributed by atoms with E-state index in [4.69, 9.17) is 0 Å². The van der Waals surface area contributed by atoms with Crippen LogP contribution in [0.2, 0.25) is 0 Å². The largest absolute Gasteiger partial charge is 0.298 e. The zero-order valence-corrected chi connectivity index (χ0v) is 14.8. The Morgan fingerprint density at radius 1 is 0.577 bits per heavy atom. The molecular formula is C24H22O2. The second kappa shape index (κ2) is 7.25. The van der Waals surface area contributed by atoms with Crippen LogP contribution >= 0.6 is 0 Å². The Labute approximate surface area is 154 Å². The van der Waals surface area contributed by atoms with Gasteiger partial charge >= 0.3 is 0 Å². The molecule has 130 valence electrons. The lowest BCUT2D eigenvalue weighted by atomic mass is 9.83. The van der Waals surface area contributed by atoms with E-state index in [2.05, 4.69) is 36.4 Å². The van der Waals surface area contributed by atoms with Crippen molar-refractivity contribution in [3.8, 4) is 0 Å². The van der Waals surface area contributed by atoms with Crippen molar-refractivity contribution < 1.29 is 9.59 Å². The molecule has 0 saturated heterocycles. The quantitative estimate of drug-likeness (QED) is 0.739. The molecule has 2 aliphatic carbocycles. The predicted octanol–water partition coefficient (Wildman–Crippen LogP) is 4.96. The number of benzene rings is 2. The monoisotopic (exact) mass is 342 g/mol. The highest BCUT2D eigenvalue weighted by atomic mass is 16.1. The van der Waals surface area contributed by atoms with Gasteiger partial charge in [-0.05, 0) is 71.9 Å². The van der Waals surface area contributed by atoms with Crippen LogP contribution in [0.3, 0.4) is 0 Å². The molecule has 0 atom stereocenters. The zero-order chi connectivity index (χ0) is 17.9. The minimum absolute atomic E-state index is 0.755. The van der Waals surface area contributed by atoms with Crippen LogP contribution in [0.5, 0.6) is 0 Å². The van der Waals surface area contributed by atoms with Gasteiger partial charge in [0.25, 0.3) is 0 Å². The van der Waals surface area contributed by atoms with Crippen molar-refractivity contribution in [3.05, 3.63) is 81.9 Å². The first-order valence-electron chi connectivity index (χ1n) is 9.37. The molecule has 0 heterocycles. The van der Waals surface area contributed by atoms with Gasteiger partial charge in [-0.1, -0.05) is 48.5 Å². The number of allylic oxidation sites excluding steroid dienone is 4. The lowest BCUT2D eigenvalue weighted by molar-refractivity contribution is -0.105. The summed E-state index contributed by atoms with van der Waals surface area (Å²) in [6.45, 7) is 0. The molecule has 0 fully saturated rings. The first kappa shape index (κ1) is 16.7. The third kappa shape index (κ3) is 2.86. The van der Waals surface area contributed by atoms with Crippen molar-refractivity contribution >= 4 is 23.7 Å². The topological polar surface area (TPSA) is 34.1 Å². The van der Waals surface area contributed by atoms with Crippen LogP contribution in [0.1, 0.15) is 47.9 Å². The second-order valence-electron chi connectivity index (χ2n) is 7.06. The minimum Gasteiger partial charge on any atom is -0.298 e. The summed E-state index contributed by atoms with van der Waals surface area (Å²) in [7, 11) is 0. The van der Waals surface area contributed by atoms with Crippen LogP contribution < -0.4 is 0 Å². The molecule has 2 nitrogen and oxygen atoms in total. The molecule has 4 rings (SSSR count). The Morgan fingerprint density at radius 3 is 1.42 bits per heavy atom. The van der Waals surface area contributed by atoms with Crippen molar-refractivity contribution in [3.63, 3.8) is 0 Å². The summed E-state index contributed by atoms with van der Waals surface area (Å²) in [6, 6.07) is 16.6. The molecule has 2 aromatic carbocycles. The van der Waals surface area contributed by atoms with Crippen LogP contribution in [-0.2, 0) is 22.4 Å². The van der Waals surface area contributed by atoms with E-state index in [1.165, 1.54) is 11.1 Å². The number of carbonyl (C=O) groups is 2. The number of fused-ring (bicyclic) bond motifs is 2. The van der Waals surface area contributed by atoms with Crippen LogP contribution in [0.15, 0.2) is 59.7 Å². The number of carbonyl (C=O) groups excluding carboxylic acids is 2. The fraction of sp³-hybridized carbons (Fsp3) is 0.250. The summed E-state index contributed by atoms with van der Waals surface area (Å²) in [5.74, 6) is 0. The minimum atomic E-state index is 0.755. The maximum Gasteiger partial charge on any atom is 0.146 e. The van der Waals surface area contributed by atoms with Gasteiger partial charge in [-0.15, -0.1) is 0 Å². The summed E-state index contributed by atoms with van der Waals surface area (Å²) in [4.78, 5) is 24.0. The average molecular weight is 342 g/mol. The van der Waals surface area contributed by atoms with E-state index >= 15 is 0 Å². The molecule has 0 aliphatic heterocycles. The highest BCUT2D eigenvalue weighted by Gasteiger charge is 2.26. The summed E-state index contributed by atoms with van der Waals surface area (Å²) in [5.41, 5.74) is 8.34. The number of hydrogen-bond donors (Lipinski definition) is 0. The summed E-state index contributed by atoms with van der Waals surface area (Å²) >= 11 is 0. The van der Waals surface area contributed by atoms with Crippen molar-refractivity contribution in [1.82, 2.24) is 0 Å². The molecule has 0 aromatic heterocycles. The van der Waals surface area contributed by atoms with Gasteiger partial charge in [0.05, 0.1) is 0 Å². The molecular weight excluding hydrogens is 320 g/mol. The van der Waals surface area contributed by atoms with E-state index in [-0.39, 0.29) is 0 Å². The second-order valence-corrected chi connectivity index (χ2v) is 7.06. The smallest absolute Gasteiger partial charge is 0.146 e. The fourth-order valence-electron chi connectivity index (χ4n) is 4.33. The maximum absolute atomic E-state index is 12.0. The third-order valence-electron chi connectivity index (χ3n) is 5.53. The van der Waals surface area contributed by atoms with Gasteiger partial charge in [-0.3, -0.25) is 9.59 Å². The highest BCUT2D eigenvalue weighted by molar-refractivity contribution is 6.16. The van der Waals surface area contributed by atoms with Gasteiger partial charge in [0, 0.05) is 11.1 Å². The molecule has 0 saturated carbocycles. The molecule has 0 spiro atoms. The van der Waals surface area contributed by atoms with E-state index in [1.807, 2.05) is 12.1 Å². The Bertz CT molecular complexity index is 853. The number of aryl methyl sites for hydroxylation is 2. The first-order valence-corrected chi connectivity index (χ1v) is 9.37. The Kier molecular flexibility index (Phi) is 4.66. The van der Waals surface area contributed by atoms with Crippen molar-refractivity contribution in [2.24, 2.45) is 0 Å². The lowest BCUT2D eigenvalue weighted by Gasteiger charge is -2.19. The van der Waals surface area contributed by atoms with Crippen LogP contribution in [0.25, 0.3) is 11.1 Å². The summed E-state index contributed by atoms with van der Waals surface area (Å²) in [5, 5.41) is 0. The SMILES string of the molecule is O=CC1=C(C2=C(C=O)CCCc3ccccc32)c2ccccc2CCC1. The highest BCUT2D eigenvalue weighted by Crippen LogP contribution is 2.43. The van der Waals surface area contributed by atoms with Crippen LogP contribution in [0.4, 0.5) is 0 Å². The lowest BCUT2D eigenvalue weighted by Crippen LogP contribution is -2.02. The predicted molar refractivity (Wildman–Crippen MR) is 105 cm³/mol. The van der Waals surface area contributed by atoms with Crippen LogP contribution in [-0.4, -0.2) is 12.6 Å². The van der Waals surface area contributed by atoms with Gasteiger partial charge in [0.15, 0.2) is 0 Å². The number of hydrogen-bond acceptors (Lipinski definition) is 2. The van der Waals surface area contributed by atoms with Crippen molar-refractivity contribution in [2.45, 2.75) is 38.5 Å². The Hall–Kier alpha value is -2.74. The first-order chi connectivity index (χ1) is 12.8. The van der Waals surface area contributed by atoms with Gasteiger partial charge < -0.3 is 0 Å². The molecule has 0 unspecified atom stereocenters. The maximum atomic E-state index is 12.0. The molecule has 0 N–H and O–H groups in total. The van der Waals surface area contributed by atoms with Gasteiger partial charge in [-0.2, -0.15) is 0 Å². The van der Waals surface area contributed by atoms with Gasteiger partial charge in [0.2, 0.25) is 0 Å².